The number of unbranched alkanes of at least 4 members (excludes halogenated alkanes) is 1. The van der Waals surface area contributed by atoms with Crippen LogP contribution < -0.4 is 0 Å². The third kappa shape index (κ3) is 5.92. The largest absolute Gasteiger partial charge is 0.457 e. The molecule has 0 N–H and O–H groups in total. The van der Waals surface area contributed by atoms with E-state index in [4.69, 9.17) is 4.74 Å². The minimum absolute atomic E-state index is 0.228. The Kier molecular flexibility index (Phi) is 7.34. The lowest BCUT2D eigenvalue weighted by atomic mass is 9.98. The molecule has 2 rings (SSSR count). The van der Waals surface area contributed by atoms with E-state index in [1.165, 1.54) is 9.87 Å². The molecule has 0 bridgehead atoms. The number of carbonyl (C=O) groups excluding carboxylic acids is 2. The normalized spacial score (nSPS) is 16.4. The number of benzene rings is 1. The van der Waals surface area contributed by atoms with E-state index >= 15 is 0 Å². The first kappa shape index (κ1) is 20.6. The van der Waals surface area contributed by atoms with Crippen molar-refractivity contribution in [2.24, 2.45) is 5.92 Å². The van der Waals surface area contributed by atoms with Crippen molar-refractivity contribution >= 4 is 21.8 Å². The van der Waals surface area contributed by atoms with Gasteiger partial charge in [0.25, 0.3) is 0 Å². The smallest absolute Gasteiger partial charge is 0.309 e. The summed E-state index contributed by atoms with van der Waals surface area (Å²) >= 11 is 0. The number of nitrogens with zero attached hydrogens (tertiary/aromatic N) is 1. The van der Waals surface area contributed by atoms with Crippen LogP contribution in [0.25, 0.3) is 0 Å². The summed E-state index contributed by atoms with van der Waals surface area (Å²) in [6, 6.07) is 7.41. The molecule has 1 aromatic carbocycles. The number of esters is 1. The second-order valence-electron chi connectivity index (χ2n) is 6.77. The molecule has 144 valence electrons. The Bertz CT molecular complexity index is 719. The van der Waals surface area contributed by atoms with Crippen LogP contribution in [0.4, 0.5) is 0 Å². The molecule has 7 heteroatoms. The second kappa shape index (κ2) is 9.28. The van der Waals surface area contributed by atoms with E-state index in [1.54, 1.807) is 12.1 Å². The summed E-state index contributed by atoms with van der Waals surface area (Å²) in [5.74, 6) is -1.00. The van der Waals surface area contributed by atoms with Crippen LogP contribution in [0.5, 0.6) is 0 Å². The molecule has 1 aliphatic rings. The van der Waals surface area contributed by atoms with Gasteiger partial charge in [0.2, 0.25) is 10.0 Å². The summed E-state index contributed by atoms with van der Waals surface area (Å²) in [5, 5.41) is 0. The number of carbonyl (C=O) groups is 2. The van der Waals surface area contributed by atoms with Gasteiger partial charge in [-0.1, -0.05) is 37.6 Å². The molecule has 0 atom stereocenters. The Hall–Kier alpha value is -1.73. The van der Waals surface area contributed by atoms with Gasteiger partial charge in [-0.3, -0.25) is 9.59 Å². The van der Waals surface area contributed by atoms with Crippen molar-refractivity contribution in [2.45, 2.75) is 39.0 Å². The minimum atomic E-state index is -3.22. The van der Waals surface area contributed by atoms with E-state index < -0.39 is 16.0 Å². The fourth-order valence-electron chi connectivity index (χ4n) is 3.00. The highest BCUT2D eigenvalue weighted by Crippen LogP contribution is 2.20. The number of ether oxygens (including phenoxy) is 1. The SMILES string of the molecule is CCCCc1ccc(C(=O)COC(=O)C2CCN(S(C)(=O)=O)CC2)cc1. The fraction of sp³-hybridized carbons (Fsp3) is 0.579. The molecule has 0 unspecified atom stereocenters. The predicted octanol–water partition coefficient (Wildman–Crippen LogP) is 2.43. The van der Waals surface area contributed by atoms with E-state index in [0.717, 1.165) is 25.5 Å². The van der Waals surface area contributed by atoms with Crippen molar-refractivity contribution in [3.63, 3.8) is 0 Å². The Morgan fingerprint density at radius 2 is 1.77 bits per heavy atom. The van der Waals surface area contributed by atoms with E-state index in [1.807, 2.05) is 12.1 Å². The van der Waals surface area contributed by atoms with Gasteiger partial charge in [-0.25, -0.2) is 12.7 Å². The summed E-state index contributed by atoms with van der Waals surface area (Å²) < 4.78 is 29.5. The zero-order valence-corrected chi connectivity index (χ0v) is 16.3. The van der Waals surface area contributed by atoms with Gasteiger partial charge in [0.15, 0.2) is 12.4 Å². The topological polar surface area (TPSA) is 80.8 Å². The van der Waals surface area contributed by atoms with Gasteiger partial charge in [-0.05, 0) is 31.2 Å². The molecule has 0 amide bonds. The third-order valence-corrected chi connectivity index (χ3v) is 6.00. The molecule has 1 aliphatic heterocycles. The van der Waals surface area contributed by atoms with Crippen LogP contribution in [0, 0.1) is 5.92 Å². The van der Waals surface area contributed by atoms with Crippen LogP contribution >= 0.6 is 0 Å². The van der Waals surface area contributed by atoms with Crippen LogP contribution in [-0.4, -0.2) is 50.4 Å². The zero-order chi connectivity index (χ0) is 19.2. The van der Waals surface area contributed by atoms with E-state index in [9.17, 15) is 18.0 Å². The first-order valence-corrected chi connectivity index (χ1v) is 10.9. The number of ketones is 1. The first-order chi connectivity index (χ1) is 12.3. The van der Waals surface area contributed by atoms with Crippen molar-refractivity contribution in [3.8, 4) is 0 Å². The minimum Gasteiger partial charge on any atom is -0.457 e. The average molecular weight is 381 g/mol. The monoisotopic (exact) mass is 381 g/mol. The van der Waals surface area contributed by atoms with Crippen LogP contribution in [0.2, 0.25) is 0 Å². The van der Waals surface area contributed by atoms with E-state index in [-0.39, 0.29) is 18.3 Å². The van der Waals surface area contributed by atoms with Gasteiger partial charge in [0.1, 0.15) is 0 Å². The van der Waals surface area contributed by atoms with Gasteiger partial charge in [0, 0.05) is 18.7 Å². The summed E-state index contributed by atoms with van der Waals surface area (Å²) in [7, 11) is -3.22. The lowest BCUT2D eigenvalue weighted by molar-refractivity contribution is -0.148. The Morgan fingerprint density at radius 3 is 2.31 bits per heavy atom. The maximum absolute atomic E-state index is 12.2. The van der Waals surface area contributed by atoms with Crippen LogP contribution in [0.1, 0.15) is 48.5 Å². The molecule has 1 aromatic rings. The van der Waals surface area contributed by atoms with Crippen molar-refractivity contribution in [1.29, 1.82) is 0 Å². The Labute approximate surface area is 155 Å². The molecule has 1 fully saturated rings. The van der Waals surface area contributed by atoms with Gasteiger partial charge >= 0.3 is 5.97 Å². The van der Waals surface area contributed by atoms with E-state index in [0.29, 0.717) is 31.5 Å². The molecule has 0 radical (unpaired) electrons. The molecule has 0 aliphatic carbocycles. The highest BCUT2D eigenvalue weighted by Gasteiger charge is 2.30. The second-order valence-corrected chi connectivity index (χ2v) is 8.75. The first-order valence-electron chi connectivity index (χ1n) is 9.05. The number of Topliss-reactive ketones (excluding diaryl/α,β-unsaturated/α-hetero) is 1. The van der Waals surface area contributed by atoms with Gasteiger partial charge in [-0.15, -0.1) is 0 Å². The number of piperidine rings is 1. The van der Waals surface area contributed by atoms with Crippen molar-refractivity contribution in [2.75, 3.05) is 26.0 Å². The number of aryl methyl sites for hydroxylation is 1. The highest BCUT2D eigenvalue weighted by molar-refractivity contribution is 7.88. The predicted molar refractivity (Wildman–Crippen MR) is 99.5 cm³/mol. The molecule has 26 heavy (non-hydrogen) atoms. The molecule has 1 saturated heterocycles. The molecule has 0 spiro atoms. The summed E-state index contributed by atoms with van der Waals surface area (Å²) in [5.41, 5.74) is 1.72. The van der Waals surface area contributed by atoms with Gasteiger partial charge in [-0.2, -0.15) is 0 Å². The molecule has 6 nitrogen and oxygen atoms in total. The van der Waals surface area contributed by atoms with Gasteiger partial charge in [0.05, 0.1) is 12.2 Å². The molecule has 0 saturated carbocycles. The van der Waals surface area contributed by atoms with Crippen LogP contribution in [0.15, 0.2) is 24.3 Å². The fourth-order valence-corrected chi connectivity index (χ4v) is 3.87. The van der Waals surface area contributed by atoms with Crippen molar-refractivity contribution in [3.05, 3.63) is 35.4 Å². The lowest BCUT2D eigenvalue weighted by Crippen LogP contribution is -2.40. The van der Waals surface area contributed by atoms with Crippen molar-refractivity contribution < 1.29 is 22.7 Å². The summed E-state index contributed by atoms with van der Waals surface area (Å²) in [4.78, 5) is 24.3. The number of rotatable bonds is 8. The zero-order valence-electron chi connectivity index (χ0n) is 15.4. The summed E-state index contributed by atoms with van der Waals surface area (Å²) in [6.45, 7) is 2.48. The van der Waals surface area contributed by atoms with Gasteiger partial charge < -0.3 is 4.74 Å². The third-order valence-electron chi connectivity index (χ3n) is 4.70. The molecule has 1 heterocycles. The average Bonchev–Trinajstić information content (AvgIpc) is 2.64. The van der Waals surface area contributed by atoms with E-state index in [2.05, 4.69) is 6.92 Å². The maximum Gasteiger partial charge on any atom is 0.309 e. The molecular weight excluding hydrogens is 354 g/mol. The molecule has 0 aromatic heterocycles. The van der Waals surface area contributed by atoms with Crippen molar-refractivity contribution in [1.82, 2.24) is 4.31 Å². The quantitative estimate of drug-likeness (QED) is 0.510. The standard InChI is InChI=1S/C19H27NO5S/c1-3-4-5-15-6-8-16(9-7-15)18(21)14-25-19(22)17-10-12-20(13-11-17)26(2,23)24/h6-9,17H,3-5,10-14H2,1-2H3. The highest BCUT2D eigenvalue weighted by atomic mass is 32.2. The Balaban J connectivity index is 1.79. The summed E-state index contributed by atoms with van der Waals surface area (Å²) in [6.07, 6.45) is 5.24. The van der Waals surface area contributed by atoms with Crippen LogP contribution in [-0.2, 0) is 26.0 Å². The lowest BCUT2D eigenvalue weighted by Gasteiger charge is -2.28. The number of sulfonamides is 1. The van der Waals surface area contributed by atoms with Crippen LogP contribution in [0.3, 0.4) is 0 Å². The number of hydrogen-bond acceptors (Lipinski definition) is 5. The molecular formula is C19H27NO5S. The number of hydrogen-bond donors (Lipinski definition) is 0. The Morgan fingerprint density at radius 1 is 1.15 bits per heavy atom. The maximum atomic E-state index is 12.2.